The van der Waals surface area contributed by atoms with E-state index in [4.69, 9.17) is 4.74 Å². The molecule has 0 aliphatic heterocycles. The molecule has 4 saturated carbocycles. The van der Waals surface area contributed by atoms with Crippen molar-refractivity contribution in [2.24, 2.45) is 17.8 Å². The lowest BCUT2D eigenvalue weighted by atomic mass is 9.48. The minimum absolute atomic E-state index is 0.112. The first-order chi connectivity index (χ1) is 15.0. The van der Waals surface area contributed by atoms with E-state index in [-0.39, 0.29) is 5.78 Å². The van der Waals surface area contributed by atoms with Gasteiger partial charge in [0.1, 0.15) is 5.75 Å². The van der Waals surface area contributed by atoms with Crippen molar-refractivity contribution in [2.45, 2.75) is 50.9 Å². The molecule has 2 heteroatoms. The number of benzene rings is 3. The fraction of sp³-hybridized carbons (Fsp3) is 0.414. The molecule has 0 aromatic heterocycles. The highest BCUT2D eigenvalue weighted by Crippen LogP contribution is 2.62. The van der Waals surface area contributed by atoms with Gasteiger partial charge >= 0.3 is 0 Å². The summed E-state index contributed by atoms with van der Waals surface area (Å²) in [4.78, 5) is 11.7. The maximum atomic E-state index is 11.7. The molecular weight excluding hydrogens is 380 g/mol. The summed E-state index contributed by atoms with van der Waals surface area (Å²) in [7, 11) is 1.82. The normalized spacial score (nSPS) is 28.8. The van der Waals surface area contributed by atoms with E-state index in [0.717, 1.165) is 34.5 Å². The Bertz CT molecular complexity index is 1150. The molecule has 4 fully saturated rings. The Hall–Kier alpha value is -2.61. The minimum atomic E-state index is 0.112. The summed E-state index contributed by atoms with van der Waals surface area (Å²) in [5.41, 5.74) is 5.02. The fourth-order valence-electron chi connectivity index (χ4n) is 7.39. The van der Waals surface area contributed by atoms with Crippen molar-refractivity contribution >= 4 is 16.6 Å². The van der Waals surface area contributed by atoms with Crippen LogP contribution in [0, 0.1) is 17.8 Å². The number of fused-ring (bicyclic) bond motifs is 1. The predicted octanol–water partition coefficient (Wildman–Crippen LogP) is 7.19. The minimum Gasteiger partial charge on any atom is -0.496 e. The van der Waals surface area contributed by atoms with Crippen LogP contribution in [-0.2, 0) is 5.41 Å². The first-order valence-corrected chi connectivity index (χ1v) is 11.8. The molecule has 158 valence electrons. The number of ketones is 1. The van der Waals surface area contributed by atoms with Gasteiger partial charge in [0.15, 0.2) is 5.78 Å². The molecule has 7 rings (SSSR count). The molecule has 0 saturated heterocycles. The average molecular weight is 411 g/mol. The summed E-state index contributed by atoms with van der Waals surface area (Å²) in [6.07, 6.45) is 8.37. The van der Waals surface area contributed by atoms with E-state index in [1.54, 1.807) is 6.92 Å². The van der Waals surface area contributed by atoms with E-state index in [1.165, 1.54) is 60.6 Å². The van der Waals surface area contributed by atoms with Gasteiger partial charge in [-0.15, -0.1) is 0 Å². The quantitative estimate of drug-likeness (QED) is 0.426. The van der Waals surface area contributed by atoms with Crippen molar-refractivity contribution in [3.63, 3.8) is 0 Å². The zero-order valence-electron chi connectivity index (χ0n) is 18.5. The molecule has 0 radical (unpaired) electrons. The SMILES string of the molecule is COc1ccc(-c2ccc3cc(C(C)=O)ccc3c2)cc1C12CC3CC(CC(C3)C1)C2. The van der Waals surface area contributed by atoms with Crippen molar-refractivity contribution in [1.29, 1.82) is 0 Å². The summed E-state index contributed by atoms with van der Waals surface area (Å²) in [5, 5.41) is 2.29. The summed E-state index contributed by atoms with van der Waals surface area (Å²) >= 11 is 0. The second kappa shape index (κ2) is 6.95. The van der Waals surface area contributed by atoms with Crippen LogP contribution in [-0.4, -0.2) is 12.9 Å². The third-order valence-corrected chi connectivity index (χ3v) is 8.39. The standard InChI is InChI=1S/C29H30O2/c1-18(30)22-3-4-24-13-25(6-5-23(24)12-22)26-7-8-28(31-2)27(14-26)29-15-19-9-20(16-29)11-21(10-19)17-29/h3-8,12-14,19-21H,9-11,15-17H2,1-2H3. The van der Waals surface area contributed by atoms with Crippen molar-refractivity contribution in [3.05, 3.63) is 65.7 Å². The largest absolute Gasteiger partial charge is 0.496 e. The van der Waals surface area contributed by atoms with Crippen LogP contribution in [0.2, 0.25) is 0 Å². The van der Waals surface area contributed by atoms with Crippen molar-refractivity contribution in [2.75, 3.05) is 7.11 Å². The van der Waals surface area contributed by atoms with Gasteiger partial charge in [0.05, 0.1) is 7.11 Å². The molecule has 0 amide bonds. The highest BCUT2D eigenvalue weighted by Gasteiger charge is 2.52. The van der Waals surface area contributed by atoms with Crippen molar-refractivity contribution in [1.82, 2.24) is 0 Å². The van der Waals surface area contributed by atoms with Crippen molar-refractivity contribution < 1.29 is 9.53 Å². The van der Waals surface area contributed by atoms with E-state index in [9.17, 15) is 4.79 Å². The second-order valence-electron chi connectivity index (χ2n) is 10.4. The molecule has 0 N–H and O–H groups in total. The van der Waals surface area contributed by atoms with Crippen LogP contribution in [0.5, 0.6) is 5.75 Å². The van der Waals surface area contributed by atoms with E-state index >= 15 is 0 Å². The van der Waals surface area contributed by atoms with Gasteiger partial charge in [0.25, 0.3) is 0 Å². The topological polar surface area (TPSA) is 26.3 Å². The van der Waals surface area contributed by atoms with Crippen LogP contribution in [0.4, 0.5) is 0 Å². The number of hydrogen-bond donors (Lipinski definition) is 0. The molecule has 0 heterocycles. The van der Waals surface area contributed by atoms with Gasteiger partial charge in [-0.25, -0.2) is 0 Å². The molecule has 31 heavy (non-hydrogen) atoms. The van der Waals surface area contributed by atoms with E-state index in [2.05, 4.69) is 42.5 Å². The van der Waals surface area contributed by atoms with E-state index < -0.39 is 0 Å². The van der Waals surface area contributed by atoms with Gasteiger partial charge in [-0.2, -0.15) is 0 Å². The third kappa shape index (κ3) is 3.11. The Balaban J connectivity index is 1.43. The summed E-state index contributed by atoms with van der Waals surface area (Å²) in [6, 6.07) is 19.4. The molecule has 2 nitrogen and oxygen atoms in total. The van der Waals surface area contributed by atoms with Crippen LogP contribution in [0.1, 0.15) is 61.4 Å². The zero-order chi connectivity index (χ0) is 21.2. The van der Waals surface area contributed by atoms with Gasteiger partial charge in [0.2, 0.25) is 0 Å². The van der Waals surface area contributed by atoms with E-state index in [0.29, 0.717) is 5.41 Å². The molecule has 0 unspecified atom stereocenters. The Morgan fingerprint density at radius 3 is 2.03 bits per heavy atom. The first-order valence-electron chi connectivity index (χ1n) is 11.8. The maximum Gasteiger partial charge on any atom is 0.159 e. The lowest BCUT2D eigenvalue weighted by Crippen LogP contribution is -2.48. The van der Waals surface area contributed by atoms with Crippen LogP contribution in [0.3, 0.4) is 0 Å². The lowest BCUT2D eigenvalue weighted by molar-refractivity contribution is -0.00613. The Morgan fingerprint density at radius 1 is 0.806 bits per heavy atom. The predicted molar refractivity (Wildman–Crippen MR) is 126 cm³/mol. The van der Waals surface area contributed by atoms with E-state index in [1.807, 2.05) is 19.2 Å². The van der Waals surface area contributed by atoms with Gasteiger partial charge in [-0.3, -0.25) is 4.79 Å². The van der Waals surface area contributed by atoms with Gasteiger partial charge in [0, 0.05) is 11.1 Å². The Kier molecular flexibility index (Phi) is 4.28. The molecule has 3 aromatic carbocycles. The fourth-order valence-corrected chi connectivity index (χ4v) is 7.39. The monoisotopic (exact) mass is 410 g/mol. The van der Waals surface area contributed by atoms with Gasteiger partial charge in [-0.1, -0.05) is 30.3 Å². The highest BCUT2D eigenvalue weighted by molar-refractivity contribution is 5.99. The number of hydrogen-bond acceptors (Lipinski definition) is 2. The van der Waals surface area contributed by atoms with Crippen LogP contribution < -0.4 is 4.74 Å². The lowest BCUT2D eigenvalue weighted by Gasteiger charge is -2.57. The number of rotatable bonds is 4. The maximum absolute atomic E-state index is 11.7. The number of carbonyl (C=O) groups excluding carboxylic acids is 1. The molecular formula is C29H30O2. The third-order valence-electron chi connectivity index (χ3n) is 8.39. The number of carbonyl (C=O) groups is 1. The molecule has 4 aliphatic carbocycles. The molecule has 3 aromatic rings. The Labute approximate surface area is 184 Å². The zero-order valence-corrected chi connectivity index (χ0v) is 18.5. The summed E-state index contributed by atoms with van der Waals surface area (Å²) in [6.45, 7) is 1.62. The first kappa shape index (κ1) is 19.1. The molecule has 4 bridgehead atoms. The highest BCUT2D eigenvalue weighted by atomic mass is 16.5. The number of Topliss-reactive ketones (excluding diaryl/α,β-unsaturated/α-hetero) is 1. The molecule has 0 spiro atoms. The van der Waals surface area contributed by atoms with Crippen LogP contribution >= 0.6 is 0 Å². The Morgan fingerprint density at radius 2 is 1.39 bits per heavy atom. The molecule has 4 aliphatic rings. The van der Waals surface area contributed by atoms with Crippen LogP contribution in [0.15, 0.2) is 54.6 Å². The number of ether oxygens (including phenoxy) is 1. The van der Waals surface area contributed by atoms with Gasteiger partial charge in [-0.05, 0) is 115 Å². The van der Waals surface area contributed by atoms with Gasteiger partial charge < -0.3 is 4.74 Å². The van der Waals surface area contributed by atoms with Crippen LogP contribution in [0.25, 0.3) is 21.9 Å². The average Bonchev–Trinajstić information content (AvgIpc) is 2.77. The smallest absolute Gasteiger partial charge is 0.159 e. The summed E-state index contributed by atoms with van der Waals surface area (Å²) < 4.78 is 5.90. The number of methoxy groups -OCH3 is 1. The molecule has 0 atom stereocenters. The summed E-state index contributed by atoms with van der Waals surface area (Å²) in [5.74, 6) is 3.92. The second-order valence-corrected chi connectivity index (χ2v) is 10.4. The van der Waals surface area contributed by atoms with Crippen molar-refractivity contribution in [3.8, 4) is 16.9 Å².